The number of carboxylic acid groups (broad SMARTS) is 1. The van der Waals surface area contributed by atoms with E-state index in [0.29, 0.717) is 5.56 Å². The lowest BCUT2D eigenvalue weighted by molar-refractivity contribution is -0.169. The van der Waals surface area contributed by atoms with Gasteiger partial charge in [0.1, 0.15) is 0 Å². The molecule has 0 aliphatic carbocycles. The van der Waals surface area contributed by atoms with Gasteiger partial charge in [0, 0.05) is 0 Å². The zero-order valence-electron chi connectivity index (χ0n) is 11.0. The molecule has 1 rings (SSSR count). The van der Waals surface area contributed by atoms with Gasteiger partial charge in [-0.15, -0.1) is 0 Å². The topological polar surface area (TPSA) is 123 Å². The van der Waals surface area contributed by atoms with E-state index in [2.05, 4.69) is 11.5 Å². The predicted molar refractivity (Wildman–Crippen MR) is 63.9 cm³/mol. The van der Waals surface area contributed by atoms with Crippen LogP contribution in [-0.4, -0.2) is 35.2 Å². The van der Waals surface area contributed by atoms with E-state index in [1.807, 2.05) is 0 Å². The number of amides is 2. The highest BCUT2D eigenvalue weighted by atomic mass is 19.4. The van der Waals surface area contributed by atoms with Crippen molar-refractivity contribution in [2.75, 3.05) is 0 Å². The van der Waals surface area contributed by atoms with Gasteiger partial charge in [0.15, 0.2) is 0 Å². The van der Waals surface area contributed by atoms with Crippen LogP contribution in [0.4, 0.5) is 26.3 Å². The molecule has 23 heavy (non-hydrogen) atoms. The molecule has 1 aromatic carbocycles. The first-order chi connectivity index (χ1) is 10.2. The second kappa shape index (κ2) is 9.27. The van der Waals surface area contributed by atoms with Crippen LogP contribution in [0.15, 0.2) is 30.3 Å². The Morgan fingerprint density at radius 3 is 1.17 bits per heavy atom. The van der Waals surface area contributed by atoms with Crippen molar-refractivity contribution in [3.05, 3.63) is 35.9 Å². The number of carboxylic acids is 1. The summed E-state index contributed by atoms with van der Waals surface area (Å²) in [4.78, 5) is 28.4. The molecular weight excluding hydrogens is 338 g/mol. The van der Waals surface area contributed by atoms with Gasteiger partial charge in [-0.3, -0.25) is 9.59 Å². The average molecular weight is 348 g/mol. The van der Waals surface area contributed by atoms with Gasteiger partial charge in [0.25, 0.3) is 0 Å². The fourth-order valence-electron chi connectivity index (χ4n) is 0.581. The quantitative estimate of drug-likeness (QED) is 0.665. The van der Waals surface area contributed by atoms with Crippen molar-refractivity contribution in [3.63, 3.8) is 0 Å². The molecule has 1 aromatic rings. The molecule has 0 aliphatic rings. The maximum Gasteiger partial charge on any atom is 0.470 e. The third-order valence-electron chi connectivity index (χ3n) is 1.58. The molecule has 0 radical (unpaired) electrons. The molecule has 0 saturated heterocycles. The number of alkyl halides is 6. The normalized spacial score (nSPS) is 10.3. The van der Waals surface area contributed by atoms with Crippen molar-refractivity contribution < 1.29 is 45.8 Å². The van der Waals surface area contributed by atoms with Crippen LogP contribution in [-0.2, 0) is 9.59 Å². The number of benzene rings is 1. The first-order valence-electron chi connectivity index (χ1n) is 5.21. The summed E-state index contributed by atoms with van der Waals surface area (Å²) in [6.07, 6.45) is -9.72. The van der Waals surface area contributed by atoms with Crippen molar-refractivity contribution in [3.8, 4) is 0 Å². The molecular formula is C11H10F6N2O4. The summed E-state index contributed by atoms with van der Waals surface area (Å²) in [5.41, 5.74) is 7.94. The van der Waals surface area contributed by atoms with Gasteiger partial charge in [-0.25, -0.2) is 4.79 Å². The average Bonchev–Trinajstić information content (AvgIpc) is 2.38. The van der Waals surface area contributed by atoms with Crippen LogP contribution in [0.5, 0.6) is 0 Å². The Morgan fingerprint density at radius 1 is 0.783 bits per heavy atom. The van der Waals surface area contributed by atoms with E-state index in [1.165, 1.54) is 0 Å². The summed E-state index contributed by atoms with van der Waals surface area (Å²) in [6, 6.07) is 8.30. The fourth-order valence-corrected chi connectivity index (χ4v) is 0.581. The highest BCUT2D eigenvalue weighted by molar-refractivity contribution is 5.87. The summed E-state index contributed by atoms with van der Waals surface area (Å²) < 4.78 is 64.2. The van der Waals surface area contributed by atoms with Crippen LogP contribution in [0, 0.1) is 0 Å². The molecule has 0 saturated carbocycles. The lowest BCUT2D eigenvalue weighted by Gasteiger charge is -1.95. The lowest BCUT2D eigenvalue weighted by atomic mass is 10.2. The number of hydrogen-bond donors (Lipinski definition) is 3. The number of aromatic carboxylic acids is 1. The molecule has 12 heteroatoms. The van der Waals surface area contributed by atoms with Crippen molar-refractivity contribution in [2.24, 2.45) is 11.5 Å². The first-order valence-corrected chi connectivity index (χ1v) is 5.21. The minimum absolute atomic E-state index is 0.331. The number of carbonyl (C=O) groups is 3. The minimum Gasteiger partial charge on any atom is -0.478 e. The molecule has 0 spiro atoms. The molecule has 0 fully saturated rings. The second-order valence-corrected chi connectivity index (χ2v) is 3.40. The van der Waals surface area contributed by atoms with Gasteiger partial charge in [-0.1, -0.05) is 18.2 Å². The van der Waals surface area contributed by atoms with E-state index >= 15 is 0 Å². The standard InChI is InChI=1S/C7H6O2.2C2H2F3NO/c8-7(9)6-4-2-1-3-5-6;2*3-2(4,5)1(6)7/h1-5H,(H,8,9);2*(H2,6,7). The first kappa shape index (κ1) is 22.5. The Kier molecular flexibility index (Phi) is 9.07. The molecule has 0 atom stereocenters. The van der Waals surface area contributed by atoms with E-state index in [4.69, 9.17) is 14.7 Å². The van der Waals surface area contributed by atoms with Gasteiger partial charge in [0.05, 0.1) is 5.56 Å². The van der Waals surface area contributed by atoms with Gasteiger partial charge in [-0.2, -0.15) is 26.3 Å². The van der Waals surface area contributed by atoms with Crippen molar-refractivity contribution in [1.29, 1.82) is 0 Å². The largest absolute Gasteiger partial charge is 0.478 e. The van der Waals surface area contributed by atoms with Crippen LogP contribution < -0.4 is 11.5 Å². The molecule has 0 aromatic heterocycles. The molecule has 130 valence electrons. The Balaban J connectivity index is 0. The summed E-state index contributed by atoms with van der Waals surface area (Å²) >= 11 is 0. The van der Waals surface area contributed by atoms with E-state index in [1.54, 1.807) is 30.3 Å². The Bertz CT molecular complexity index is 504. The summed E-state index contributed by atoms with van der Waals surface area (Å²) in [6.45, 7) is 0. The van der Waals surface area contributed by atoms with Gasteiger partial charge in [-0.05, 0) is 12.1 Å². The number of carbonyl (C=O) groups excluding carboxylic acids is 2. The number of primary amides is 2. The summed E-state index contributed by atoms with van der Waals surface area (Å²) in [5.74, 6) is -5.39. The smallest absolute Gasteiger partial charge is 0.470 e. The van der Waals surface area contributed by atoms with Crippen molar-refractivity contribution in [2.45, 2.75) is 12.4 Å². The van der Waals surface area contributed by atoms with Gasteiger partial charge in [0.2, 0.25) is 0 Å². The maximum absolute atomic E-state index is 10.7. The SMILES string of the molecule is NC(=O)C(F)(F)F.NC(=O)C(F)(F)F.O=C(O)c1ccccc1. The number of halogens is 6. The number of hydrogen-bond acceptors (Lipinski definition) is 3. The van der Waals surface area contributed by atoms with E-state index in [9.17, 15) is 31.1 Å². The van der Waals surface area contributed by atoms with Crippen molar-refractivity contribution in [1.82, 2.24) is 0 Å². The monoisotopic (exact) mass is 348 g/mol. The van der Waals surface area contributed by atoms with Crippen molar-refractivity contribution >= 4 is 17.8 Å². The van der Waals surface area contributed by atoms with Gasteiger partial charge < -0.3 is 16.6 Å². The van der Waals surface area contributed by atoms with E-state index in [0.717, 1.165) is 0 Å². The van der Waals surface area contributed by atoms with Crippen LogP contribution in [0.2, 0.25) is 0 Å². The van der Waals surface area contributed by atoms with Gasteiger partial charge >= 0.3 is 30.1 Å². The van der Waals surface area contributed by atoms with Crippen LogP contribution in [0.25, 0.3) is 0 Å². The maximum atomic E-state index is 10.7. The molecule has 0 heterocycles. The summed E-state index contributed by atoms with van der Waals surface area (Å²) in [5, 5.41) is 8.38. The molecule has 0 bridgehead atoms. The predicted octanol–water partition coefficient (Wildman–Crippen LogP) is 1.45. The lowest BCUT2D eigenvalue weighted by Crippen LogP contribution is -2.30. The zero-order valence-corrected chi connectivity index (χ0v) is 11.0. The van der Waals surface area contributed by atoms with Crippen LogP contribution in [0.3, 0.4) is 0 Å². The third-order valence-corrected chi connectivity index (χ3v) is 1.58. The molecule has 0 aliphatic heterocycles. The number of rotatable bonds is 1. The Labute approximate surface area is 124 Å². The highest BCUT2D eigenvalue weighted by Gasteiger charge is 2.36. The van der Waals surface area contributed by atoms with E-state index in [-0.39, 0.29) is 0 Å². The molecule has 6 nitrogen and oxygen atoms in total. The third kappa shape index (κ3) is 12.6. The number of nitrogens with two attached hydrogens (primary N) is 2. The molecule has 2 amide bonds. The Hall–Kier alpha value is -2.79. The molecule has 5 N–H and O–H groups in total. The zero-order chi connectivity index (χ0) is 18.8. The van der Waals surface area contributed by atoms with E-state index < -0.39 is 30.1 Å². The second-order valence-electron chi connectivity index (χ2n) is 3.40. The van der Waals surface area contributed by atoms with Crippen LogP contribution >= 0.6 is 0 Å². The summed E-state index contributed by atoms with van der Waals surface area (Å²) in [7, 11) is 0. The highest BCUT2D eigenvalue weighted by Crippen LogP contribution is 2.12. The molecule has 0 unspecified atom stereocenters. The fraction of sp³-hybridized carbons (Fsp3) is 0.182. The minimum atomic E-state index is -4.86. The Morgan fingerprint density at radius 2 is 1.04 bits per heavy atom. The van der Waals surface area contributed by atoms with Crippen LogP contribution in [0.1, 0.15) is 10.4 Å².